The van der Waals surface area contributed by atoms with Gasteiger partial charge in [-0.25, -0.2) is 4.79 Å². The topological polar surface area (TPSA) is 108 Å². The highest BCUT2D eigenvalue weighted by molar-refractivity contribution is 5.71. The summed E-state index contributed by atoms with van der Waals surface area (Å²) in [5.74, 6) is -2.03. The summed E-state index contributed by atoms with van der Waals surface area (Å²) in [5.41, 5.74) is 0. The highest BCUT2D eigenvalue weighted by Gasteiger charge is 2.25. The van der Waals surface area contributed by atoms with Crippen LogP contribution in [-0.2, 0) is 33.3 Å². The lowest BCUT2D eigenvalue weighted by Gasteiger charge is -2.25. The van der Waals surface area contributed by atoms with Crippen LogP contribution in [0.15, 0.2) is 158 Å². The molecule has 0 amide bonds. The first-order valence-corrected chi connectivity index (χ1v) is 36.6. The summed E-state index contributed by atoms with van der Waals surface area (Å²) in [7, 11) is 5.97. The van der Waals surface area contributed by atoms with E-state index >= 15 is 0 Å². The largest absolute Gasteiger partial charge is 0.477 e. The van der Waals surface area contributed by atoms with Crippen molar-refractivity contribution in [3.8, 4) is 0 Å². The second-order valence-corrected chi connectivity index (χ2v) is 25.2. The summed E-state index contributed by atoms with van der Waals surface area (Å²) in [5, 5.41) is 9.76. The highest BCUT2D eigenvalue weighted by Crippen LogP contribution is 2.16. The minimum absolute atomic E-state index is 0.178. The number of hydrogen-bond donors (Lipinski definition) is 1. The van der Waals surface area contributed by atoms with E-state index in [1.807, 2.05) is 21.1 Å². The average Bonchev–Trinajstić information content (AvgIpc) is 3.46. The third-order valence-electron chi connectivity index (χ3n) is 15.3. The van der Waals surface area contributed by atoms with Gasteiger partial charge in [0.1, 0.15) is 13.2 Å². The maximum Gasteiger partial charge on any atom is 0.361 e. The molecule has 0 bridgehead atoms. The number of quaternary nitrogens is 1. The zero-order valence-corrected chi connectivity index (χ0v) is 58.9. The van der Waals surface area contributed by atoms with Gasteiger partial charge < -0.3 is 28.5 Å². The molecule has 2 unspecified atom stereocenters. The average molecular weight is 1260 g/mol. The predicted octanol–water partition coefficient (Wildman–Crippen LogP) is 23.2. The number of aliphatic carboxylic acids is 1. The summed E-state index contributed by atoms with van der Waals surface area (Å²) in [6, 6.07) is 0. The molecule has 1 N–H and O–H groups in total. The Balaban J connectivity index is 4.18. The van der Waals surface area contributed by atoms with E-state index in [1.54, 1.807) is 0 Å². The number of carboxylic acids is 1. The van der Waals surface area contributed by atoms with Crippen LogP contribution in [0.3, 0.4) is 0 Å². The van der Waals surface area contributed by atoms with E-state index in [4.69, 9.17) is 18.9 Å². The van der Waals surface area contributed by atoms with Gasteiger partial charge in [-0.2, -0.15) is 0 Å². The van der Waals surface area contributed by atoms with Crippen molar-refractivity contribution in [2.75, 3.05) is 47.5 Å². The maximum absolute atomic E-state index is 13.0. The van der Waals surface area contributed by atoms with Gasteiger partial charge in [0.25, 0.3) is 6.29 Å². The molecule has 0 aromatic carbocycles. The van der Waals surface area contributed by atoms with Crippen molar-refractivity contribution in [1.29, 1.82) is 0 Å². The smallest absolute Gasteiger partial charge is 0.361 e. The second kappa shape index (κ2) is 70.8. The van der Waals surface area contributed by atoms with E-state index in [1.165, 1.54) is 128 Å². The molecule has 0 aromatic rings. The van der Waals surface area contributed by atoms with E-state index < -0.39 is 24.3 Å². The first-order chi connectivity index (χ1) is 44.6. The van der Waals surface area contributed by atoms with E-state index in [9.17, 15) is 19.5 Å². The third-order valence-corrected chi connectivity index (χ3v) is 15.3. The number of esters is 2. The number of nitrogens with zero attached hydrogens (tertiary/aromatic N) is 1. The van der Waals surface area contributed by atoms with Crippen LogP contribution in [0.5, 0.6) is 0 Å². The summed E-state index contributed by atoms with van der Waals surface area (Å²) in [6.45, 7) is 4.74. The number of unbranched alkanes of at least 4 members (excludes halogenated alkanes) is 25. The van der Waals surface area contributed by atoms with Gasteiger partial charge in [0, 0.05) is 12.8 Å². The molecule has 0 radical (unpaired) electrons. The highest BCUT2D eigenvalue weighted by atomic mass is 16.7. The van der Waals surface area contributed by atoms with Crippen molar-refractivity contribution in [2.24, 2.45) is 0 Å². The Labute approximate surface area is 559 Å². The monoisotopic (exact) mass is 1260 g/mol. The van der Waals surface area contributed by atoms with Crippen LogP contribution >= 0.6 is 0 Å². The molecule has 0 fully saturated rings. The van der Waals surface area contributed by atoms with Gasteiger partial charge in [0.15, 0.2) is 6.10 Å². The predicted molar refractivity (Wildman–Crippen MR) is 391 cm³/mol. The zero-order chi connectivity index (χ0) is 66.1. The van der Waals surface area contributed by atoms with E-state index in [0.29, 0.717) is 23.9 Å². The van der Waals surface area contributed by atoms with E-state index in [2.05, 4.69) is 172 Å². The van der Waals surface area contributed by atoms with Crippen LogP contribution in [0, 0.1) is 0 Å². The Morgan fingerprint density at radius 3 is 0.934 bits per heavy atom. The Morgan fingerprint density at radius 2 is 0.626 bits per heavy atom. The van der Waals surface area contributed by atoms with Gasteiger partial charge in [-0.3, -0.25) is 9.59 Å². The summed E-state index contributed by atoms with van der Waals surface area (Å²) in [4.78, 5) is 37.7. The van der Waals surface area contributed by atoms with Gasteiger partial charge in [0.05, 0.1) is 34.4 Å². The first kappa shape index (κ1) is 85.9. The molecule has 0 saturated heterocycles. The zero-order valence-electron chi connectivity index (χ0n) is 58.9. The molecule has 91 heavy (non-hydrogen) atoms. The summed E-state index contributed by atoms with van der Waals surface area (Å²) >= 11 is 0. The maximum atomic E-state index is 13.0. The molecule has 0 aliphatic carbocycles. The molecule has 0 aliphatic heterocycles. The van der Waals surface area contributed by atoms with Gasteiger partial charge in [-0.1, -0.05) is 300 Å². The number of rotatable bonds is 66. The third kappa shape index (κ3) is 72.2. The van der Waals surface area contributed by atoms with Gasteiger partial charge in [-0.05, 0) is 128 Å². The van der Waals surface area contributed by atoms with Crippen molar-refractivity contribution in [2.45, 2.75) is 296 Å². The van der Waals surface area contributed by atoms with Gasteiger partial charge in [-0.15, -0.1) is 0 Å². The fraction of sp³-hybridized carbons (Fsp3) is 0.646. The minimum Gasteiger partial charge on any atom is -0.477 e. The molecule has 9 heteroatoms. The summed E-state index contributed by atoms with van der Waals surface area (Å²) < 4.78 is 23.0. The van der Waals surface area contributed by atoms with Crippen LogP contribution in [0.25, 0.3) is 0 Å². The molecule has 2 atom stereocenters. The second-order valence-electron chi connectivity index (χ2n) is 25.2. The van der Waals surface area contributed by atoms with E-state index in [0.717, 1.165) is 122 Å². The summed E-state index contributed by atoms with van der Waals surface area (Å²) in [6.07, 6.45) is 102. The van der Waals surface area contributed by atoms with Crippen molar-refractivity contribution in [1.82, 2.24) is 0 Å². The van der Waals surface area contributed by atoms with Crippen LogP contribution in [0.2, 0.25) is 0 Å². The van der Waals surface area contributed by atoms with Crippen molar-refractivity contribution < 1.29 is 42.9 Å². The van der Waals surface area contributed by atoms with Crippen LogP contribution < -0.4 is 0 Å². The molecule has 9 nitrogen and oxygen atoms in total. The lowest BCUT2D eigenvalue weighted by molar-refractivity contribution is -0.870. The molecule has 0 heterocycles. The lowest BCUT2D eigenvalue weighted by atomic mass is 10.0. The van der Waals surface area contributed by atoms with Crippen LogP contribution in [-0.4, -0.2) is 87.4 Å². The molecular weight excluding hydrogens is 1130 g/mol. The lowest BCUT2D eigenvalue weighted by Crippen LogP contribution is -2.40. The minimum atomic E-state index is -1.52. The Bertz CT molecular complexity index is 2060. The van der Waals surface area contributed by atoms with Gasteiger partial charge in [0.2, 0.25) is 0 Å². The quantitative estimate of drug-likeness (QED) is 0.0211. The number of carbonyl (C=O) groups excluding carboxylic acids is 2. The standard InChI is InChI=1S/C82H135NO8/c1-6-8-10-12-14-16-18-20-22-24-26-28-30-32-34-35-36-37-38-39-40-41-42-43-44-45-47-49-51-53-55-57-59-61-63-65-67-69-71-73-80(85)91-78(77-90-82(81(86)87)88-75-74-83(3,4)5)76-89-79(84)72-70-68-66-64-62-60-58-56-54-52-50-48-46-33-31-29-27-25-23-21-19-17-15-13-11-9-7-2/h8,10,14,16,19-22,25-28,31-34,36-37,39-40,42-43,45,47,51,53,78,82H,6-7,9,11-13,15,17-18,23-24,29-30,35,38,41,44,46,48-50,52,54-77H2,1-5H3/p+1/b10-8-,16-14-,21-19-,22-20-,27-25-,28-26-,33-31-,34-32-,37-36-,40-39-,43-42-,47-45-,53-51-. The van der Waals surface area contributed by atoms with Crippen molar-refractivity contribution in [3.05, 3.63) is 158 Å². The fourth-order valence-electron chi connectivity index (χ4n) is 9.70. The fourth-order valence-corrected chi connectivity index (χ4v) is 9.70. The van der Waals surface area contributed by atoms with Gasteiger partial charge >= 0.3 is 17.9 Å². The normalized spacial score (nSPS) is 13.6. The number of hydrogen-bond acceptors (Lipinski definition) is 7. The SMILES string of the molecule is CC/C=C\C/C=C\C/C=C\C/C=C\C/C=C\C/C=C\C/C=C\C/C=C\C/C=C\C/C=C\CCCCCCCCCCC(=O)OC(COC(=O)CCCCCCCCCCCCCC/C=C\C/C=C\C/C=C\CCCCCCC)COC(OCC[N+](C)(C)C)C(=O)O. The number of ether oxygens (including phenoxy) is 4. The molecule has 516 valence electrons. The van der Waals surface area contributed by atoms with Crippen molar-refractivity contribution in [3.63, 3.8) is 0 Å². The molecule has 0 spiro atoms. The molecule has 0 aliphatic rings. The van der Waals surface area contributed by atoms with Crippen LogP contribution in [0.4, 0.5) is 0 Å². The number of likely N-dealkylation sites (N-methyl/N-ethyl adjacent to an activating group) is 1. The van der Waals surface area contributed by atoms with Crippen molar-refractivity contribution >= 4 is 17.9 Å². The Hall–Kier alpha value is -5.09. The number of allylic oxidation sites excluding steroid dienone is 26. The Kier molecular flexibility index (Phi) is 66.8. The van der Waals surface area contributed by atoms with Crippen LogP contribution in [0.1, 0.15) is 284 Å². The number of carbonyl (C=O) groups is 3. The molecular formula is C82H136NO8+. The van der Waals surface area contributed by atoms with E-state index in [-0.39, 0.29) is 32.2 Å². The molecule has 0 aromatic heterocycles. The first-order valence-electron chi connectivity index (χ1n) is 36.6. The Morgan fingerprint density at radius 1 is 0.341 bits per heavy atom. The molecule has 0 saturated carbocycles. The number of carboxylic acid groups (broad SMARTS) is 1. The molecule has 0 rings (SSSR count).